The van der Waals surface area contributed by atoms with Crippen molar-refractivity contribution >= 4 is 22.7 Å². The van der Waals surface area contributed by atoms with Crippen molar-refractivity contribution in [2.75, 3.05) is 18.9 Å². The summed E-state index contributed by atoms with van der Waals surface area (Å²) in [5.74, 6) is 0.463. The number of benzene rings is 1. The van der Waals surface area contributed by atoms with E-state index >= 15 is 0 Å². The quantitative estimate of drug-likeness (QED) is 0.469. The highest BCUT2D eigenvalue weighted by molar-refractivity contribution is 5.77. The number of aromatic nitrogens is 5. The molecule has 35 heavy (non-hydrogen) atoms. The molecule has 4 aromatic rings. The Bertz CT molecular complexity index is 1460. The van der Waals surface area contributed by atoms with Gasteiger partial charge in [0.25, 0.3) is 5.56 Å². The highest BCUT2D eigenvalue weighted by Gasteiger charge is 2.22. The van der Waals surface area contributed by atoms with Gasteiger partial charge in [0.2, 0.25) is 5.95 Å². The number of likely N-dealkylation sites (N-methyl/N-ethyl adjacent to an activating group) is 1. The Hall–Kier alpha value is -3.52. The smallest absolute Gasteiger partial charge is 0.278 e. The highest BCUT2D eigenvalue weighted by atomic mass is 16.1. The molecule has 0 saturated carbocycles. The van der Waals surface area contributed by atoms with Gasteiger partial charge in [0, 0.05) is 48.3 Å². The zero-order valence-corrected chi connectivity index (χ0v) is 21.3. The van der Waals surface area contributed by atoms with Gasteiger partial charge in [-0.25, -0.2) is 14.3 Å². The molecule has 0 radical (unpaired) electrons. The molecule has 5 rings (SSSR count). The Morgan fingerprint density at radius 3 is 2.60 bits per heavy atom. The average molecular weight is 472 g/mol. The van der Waals surface area contributed by atoms with E-state index < -0.39 is 0 Å². The standard InChI is InChI=1S/C27H33N7O/c1-17(2)33-25(35)22-15-29-26(30-20-8-7-19-16-32(6)12-10-18(19)13-20)31-24(22)34(33)21-9-11-28-23(14-21)27(3,4)5/h7-9,11,13-15,17H,10,12,16H2,1-6H3,(H,29,30,31). The van der Waals surface area contributed by atoms with E-state index in [1.54, 1.807) is 17.1 Å². The van der Waals surface area contributed by atoms with Crippen LogP contribution in [0.4, 0.5) is 11.6 Å². The fraction of sp³-hybridized carbons (Fsp3) is 0.407. The topological polar surface area (TPSA) is 80.9 Å². The fourth-order valence-corrected chi connectivity index (χ4v) is 4.64. The first-order valence-electron chi connectivity index (χ1n) is 12.2. The average Bonchev–Trinajstić information content (AvgIpc) is 3.10. The zero-order valence-electron chi connectivity index (χ0n) is 21.3. The SMILES string of the molecule is CC(C)n1c(=O)c2cnc(Nc3ccc4c(c3)CCN(C)C4)nc2n1-c1ccnc(C(C)(C)C)c1. The number of anilines is 2. The van der Waals surface area contributed by atoms with Gasteiger partial charge in [-0.05, 0) is 62.7 Å². The number of hydrogen-bond donors (Lipinski definition) is 1. The Kier molecular flexibility index (Phi) is 5.71. The number of hydrogen-bond acceptors (Lipinski definition) is 6. The second-order valence-electron chi connectivity index (χ2n) is 10.7. The third-order valence-corrected chi connectivity index (χ3v) is 6.53. The van der Waals surface area contributed by atoms with Crippen LogP contribution in [0.3, 0.4) is 0 Å². The normalized spacial score (nSPS) is 14.5. The summed E-state index contributed by atoms with van der Waals surface area (Å²) in [6.45, 7) is 12.4. The van der Waals surface area contributed by atoms with Crippen LogP contribution in [-0.2, 0) is 18.4 Å². The Morgan fingerprint density at radius 1 is 1.06 bits per heavy atom. The van der Waals surface area contributed by atoms with Gasteiger partial charge >= 0.3 is 0 Å². The minimum absolute atomic E-state index is 0.0573. The van der Waals surface area contributed by atoms with E-state index in [2.05, 4.69) is 66.2 Å². The maximum Gasteiger partial charge on any atom is 0.278 e. The molecule has 1 aliphatic heterocycles. The number of nitrogens with zero attached hydrogens (tertiary/aromatic N) is 6. The third kappa shape index (κ3) is 4.34. The van der Waals surface area contributed by atoms with Crippen molar-refractivity contribution in [2.45, 2.75) is 59.0 Å². The van der Waals surface area contributed by atoms with Crippen LogP contribution in [-0.4, -0.2) is 42.8 Å². The maximum atomic E-state index is 13.3. The first kappa shape index (κ1) is 23.2. The minimum atomic E-state index is -0.120. The van der Waals surface area contributed by atoms with Gasteiger partial charge in [-0.2, -0.15) is 4.98 Å². The van der Waals surface area contributed by atoms with Gasteiger partial charge in [0.1, 0.15) is 5.39 Å². The molecular weight excluding hydrogens is 438 g/mol. The predicted octanol–water partition coefficient (Wildman–Crippen LogP) is 4.59. The zero-order chi connectivity index (χ0) is 24.9. The van der Waals surface area contributed by atoms with Crippen molar-refractivity contribution in [3.63, 3.8) is 0 Å². The molecule has 1 aliphatic rings. The lowest BCUT2D eigenvalue weighted by Crippen LogP contribution is -2.26. The molecule has 1 N–H and O–H groups in total. The molecule has 0 bridgehead atoms. The monoisotopic (exact) mass is 471 g/mol. The maximum absolute atomic E-state index is 13.3. The van der Waals surface area contributed by atoms with Crippen LogP contribution in [0.2, 0.25) is 0 Å². The van der Waals surface area contributed by atoms with E-state index in [0.717, 1.165) is 36.6 Å². The molecule has 0 saturated heterocycles. The van der Waals surface area contributed by atoms with Gasteiger partial charge in [-0.3, -0.25) is 9.78 Å². The molecular formula is C27H33N7O. The summed E-state index contributed by atoms with van der Waals surface area (Å²) in [6.07, 6.45) is 4.44. The van der Waals surface area contributed by atoms with Crippen LogP contribution >= 0.6 is 0 Å². The van der Waals surface area contributed by atoms with Crippen molar-refractivity contribution in [3.05, 3.63) is 69.9 Å². The Morgan fingerprint density at radius 2 is 1.86 bits per heavy atom. The number of nitrogens with one attached hydrogen (secondary N) is 1. The van der Waals surface area contributed by atoms with E-state index in [4.69, 9.17) is 4.98 Å². The van der Waals surface area contributed by atoms with Crippen LogP contribution in [0.25, 0.3) is 16.7 Å². The molecule has 0 unspecified atom stereocenters. The van der Waals surface area contributed by atoms with Gasteiger partial charge in [-0.15, -0.1) is 0 Å². The number of fused-ring (bicyclic) bond motifs is 2. The first-order chi connectivity index (χ1) is 16.6. The van der Waals surface area contributed by atoms with Crippen molar-refractivity contribution in [1.82, 2.24) is 29.2 Å². The number of rotatable bonds is 4. The lowest BCUT2D eigenvalue weighted by atomic mass is 9.91. The molecule has 0 aliphatic carbocycles. The van der Waals surface area contributed by atoms with Crippen LogP contribution < -0.4 is 10.9 Å². The molecule has 182 valence electrons. The molecule has 4 heterocycles. The molecule has 1 aromatic carbocycles. The van der Waals surface area contributed by atoms with Crippen molar-refractivity contribution in [3.8, 4) is 5.69 Å². The van der Waals surface area contributed by atoms with Gasteiger partial charge in [0.05, 0.1) is 5.69 Å². The second-order valence-corrected chi connectivity index (χ2v) is 10.7. The Balaban J connectivity index is 1.60. The lowest BCUT2D eigenvalue weighted by molar-refractivity contribution is 0.313. The van der Waals surface area contributed by atoms with Gasteiger partial charge in [0.15, 0.2) is 5.65 Å². The summed E-state index contributed by atoms with van der Waals surface area (Å²) in [4.78, 5) is 29.5. The van der Waals surface area contributed by atoms with Gasteiger partial charge in [-0.1, -0.05) is 26.8 Å². The third-order valence-electron chi connectivity index (χ3n) is 6.53. The lowest BCUT2D eigenvalue weighted by Gasteiger charge is -2.25. The van der Waals surface area contributed by atoms with E-state index in [9.17, 15) is 4.79 Å². The molecule has 0 fully saturated rings. The molecule has 0 amide bonds. The van der Waals surface area contributed by atoms with E-state index in [1.165, 1.54) is 11.1 Å². The number of pyridine rings is 1. The van der Waals surface area contributed by atoms with E-state index in [1.807, 2.05) is 30.7 Å². The second kappa shape index (κ2) is 8.61. The minimum Gasteiger partial charge on any atom is -0.324 e. The largest absolute Gasteiger partial charge is 0.324 e. The van der Waals surface area contributed by atoms with E-state index in [-0.39, 0.29) is 17.0 Å². The molecule has 8 heteroatoms. The van der Waals surface area contributed by atoms with Gasteiger partial charge < -0.3 is 10.2 Å². The van der Waals surface area contributed by atoms with Crippen LogP contribution in [0.15, 0.2) is 47.5 Å². The van der Waals surface area contributed by atoms with Crippen molar-refractivity contribution in [1.29, 1.82) is 0 Å². The first-order valence-corrected chi connectivity index (χ1v) is 12.2. The summed E-state index contributed by atoms with van der Waals surface area (Å²) >= 11 is 0. The van der Waals surface area contributed by atoms with E-state index in [0.29, 0.717) is 17.0 Å². The highest BCUT2D eigenvalue weighted by Crippen LogP contribution is 2.26. The Labute approximate surface area is 205 Å². The summed E-state index contributed by atoms with van der Waals surface area (Å²) < 4.78 is 3.63. The molecule has 8 nitrogen and oxygen atoms in total. The molecule has 0 spiro atoms. The molecule has 0 atom stereocenters. The van der Waals surface area contributed by atoms with Crippen LogP contribution in [0.1, 0.15) is 57.5 Å². The summed E-state index contributed by atoms with van der Waals surface area (Å²) in [7, 11) is 2.15. The summed E-state index contributed by atoms with van der Waals surface area (Å²) in [6, 6.07) is 10.3. The summed E-state index contributed by atoms with van der Waals surface area (Å²) in [5, 5.41) is 3.85. The van der Waals surface area contributed by atoms with Crippen LogP contribution in [0, 0.1) is 0 Å². The fourth-order valence-electron chi connectivity index (χ4n) is 4.64. The summed E-state index contributed by atoms with van der Waals surface area (Å²) in [5.41, 5.74) is 5.81. The van der Waals surface area contributed by atoms with Crippen molar-refractivity contribution in [2.24, 2.45) is 0 Å². The predicted molar refractivity (Wildman–Crippen MR) is 140 cm³/mol. The van der Waals surface area contributed by atoms with Crippen molar-refractivity contribution < 1.29 is 0 Å². The van der Waals surface area contributed by atoms with Crippen LogP contribution in [0.5, 0.6) is 0 Å². The molecule has 3 aromatic heterocycles.